The smallest absolute Gasteiger partial charge is 0.251 e. The molecule has 128 valence electrons. The molecule has 0 aliphatic heterocycles. The molecule has 1 aromatic heterocycles. The van der Waals surface area contributed by atoms with E-state index in [1.54, 1.807) is 6.07 Å². The summed E-state index contributed by atoms with van der Waals surface area (Å²) in [6.07, 6.45) is 1.10. The Morgan fingerprint density at radius 1 is 1.08 bits per heavy atom. The van der Waals surface area contributed by atoms with Crippen molar-refractivity contribution >= 4 is 10.9 Å². The summed E-state index contributed by atoms with van der Waals surface area (Å²) in [6, 6.07) is 19.5. The lowest BCUT2D eigenvalue weighted by atomic mass is 9.77. The number of nitriles is 2. The highest BCUT2D eigenvalue weighted by atomic mass is 16.1. The SMILES string of the molecule is CCc1cc2ccc(C(C)(C#N)Cc3ccccc3C#N)cc2[nH]c1=O. The van der Waals surface area contributed by atoms with Crippen molar-refractivity contribution in [2.75, 3.05) is 0 Å². The zero-order chi connectivity index (χ0) is 18.7. The van der Waals surface area contributed by atoms with Crippen LogP contribution in [-0.2, 0) is 18.3 Å². The number of pyridine rings is 1. The van der Waals surface area contributed by atoms with Gasteiger partial charge in [0.1, 0.15) is 0 Å². The maximum Gasteiger partial charge on any atom is 0.251 e. The van der Waals surface area contributed by atoms with E-state index in [4.69, 9.17) is 0 Å². The van der Waals surface area contributed by atoms with Crippen LogP contribution in [-0.4, -0.2) is 4.98 Å². The van der Waals surface area contributed by atoms with Crippen molar-refractivity contribution in [1.82, 2.24) is 4.98 Å². The number of hydrogen-bond donors (Lipinski definition) is 1. The summed E-state index contributed by atoms with van der Waals surface area (Å²) in [4.78, 5) is 15.0. The maximum absolute atomic E-state index is 12.1. The first kappa shape index (κ1) is 17.5. The molecule has 2 aromatic carbocycles. The first-order chi connectivity index (χ1) is 12.5. The molecule has 4 nitrogen and oxygen atoms in total. The molecule has 4 heteroatoms. The number of aromatic amines is 1. The van der Waals surface area contributed by atoms with Crippen LogP contribution in [0.5, 0.6) is 0 Å². The first-order valence-corrected chi connectivity index (χ1v) is 8.56. The lowest BCUT2D eigenvalue weighted by Gasteiger charge is -2.23. The second-order valence-electron chi connectivity index (χ2n) is 6.67. The van der Waals surface area contributed by atoms with Crippen LogP contribution in [0.4, 0.5) is 0 Å². The minimum Gasteiger partial charge on any atom is -0.322 e. The predicted molar refractivity (Wildman–Crippen MR) is 102 cm³/mol. The number of benzene rings is 2. The number of hydrogen-bond acceptors (Lipinski definition) is 3. The van der Waals surface area contributed by atoms with Gasteiger partial charge in [-0.1, -0.05) is 37.3 Å². The summed E-state index contributed by atoms with van der Waals surface area (Å²) in [5, 5.41) is 20.1. The average molecular weight is 341 g/mol. The van der Waals surface area contributed by atoms with Gasteiger partial charge in [0.25, 0.3) is 5.56 Å². The van der Waals surface area contributed by atoms with Gasteiger partial charge < -0.3 is 4.98 Å². The Kier molecular flexibility index (Phi) is 4.61. The number of rotatable bonds is 4. The molecule has 0 spiro atoms. The summed E-state index contributed by atoms with van der Waals surface area (Å²) in [5.41, 5.74) is 2.81. The van der Waals surface area contributed by atoms with Crippen LogP contribution in [0.3, 0.4) is 0 Å². The zero-order valence-electron chi connectivity index (χ0n) is 14.8. The Labute approximate surface area is 152 Å². The summed E-state index contributed by atoms with van der Waals surface area (Å²) < 4.78 is 0. The standard InChI is InChI=1S/C22H19N3O/c1-3-15-10-16-8-9-19(11-20(16)25-21(15)26)22(2,14-24)12-17-6-4-5-7-18(17)13-23/h4-11H,3,12H2,1-2H3,(H,25,26). The van der Waals surface area contributed by atoms with E-state index in [0.717, 1.165) is 27.6 Å². The van der Waals surface area contributed by atoms with Crippen LogP contribution in [0.15, 0.2) is 53.3 Å². The second kappa shape index (κ2) is 6.86. The number of aromatic nitrogens is 1. The van der Waals surface area contributed by atoms with E-state index in [-0.39, 0.29) is 5.56 Å². The normalized spacial score (nSPS) is 12.9. The van der Waals surface area contributed by atoms with E-state index in [2.05, 4.69) is 17.1 Å². The highest BCUT2D eigenvalue weighted by Crippen LogP contribution is 2.30. The molecule has 3 rings (SSSR count). The van der Waals surface area contributed by atoms with Gasteiger partial charge in [0.2, 0.25) is 0 Å². The van der Waals surface area contributed by atoms with E-state index >= 15 is 0 Å². The molecule has 0 amide bonds. The molecule has 0 fully saturated rings. The lowest BCUT2D eigenvalue weighted by Crippen LogP contribution is -2.23. The Morgan fingerprint density at radius 3 is 2.54 bits per heavy atom. The Bertz CT molecular complexity index is 1110. The molecule has 0 bridgehead atoms. The van der Waals surface area contributed by atoms with Crippen LogP contribution in [0.2, 0.25) is 0 Å². The number of nitrogens with zero attached hydrogens (tertiary/aromatic N) is 2. The van der Waals surface area contributed by atoms with Crippen molar-refractivity contribution in [2.24, 2.45) is 0 Å². The molecular weight excluding hydrogens is 322 g/mol. The van der Waals surface area contributed by atoms with Crippen molar-refractivity contribution in [3.05, 3.63) is 81.1 Å². The van der Waals surface area contributed by atoms with Gasteiger partial charge in [0.05, 0.1) is 23.1 Å². The van der Waals surface area contributed by atoms with Crippen molar-refractivity contribution in [1.29, 1.82) is 10.5 Å². The minimum absolute atomic E-state index is 0.0920. The van der Waals surface area contributed by atoms with Gasteiger partial charge in [0, 0.05) is 11.1 Å². The summed E-state index contributed by atoms with van der Waals surface area (Å²) in [5.74, 6) is 0. The van der Waals surface area contributed by atoms with Gasteiger partial charge in [-0.3, -0.25) is 4.79 Å². The van der Waals surface area contributed by atoms with Crippen molar-refractivity contribution in [3.63, 3.8) is 0 Å². The molecule has 1 heterocycles. The summed E-state index contributed by atoms with van der Waals surface area (Å²) in [7, 11) is 0. The molecule has 0 radical (unpaired) electrons. The molecule has 0 aliphatic rings. The fourth-order valence-electron chi connectivity index (χ4n) is 3.22. The molecule has 0 saturated heterocycles. The van der Waals surface area contributed by atoms with Crippen LogP contribution in [0, 0.1) is 22.7 Å². The van der Waals surface area contributed by atoms with Crippen LogP contribution in [0.1, 0.15) is 36.1 Å². The topological polar surface area (TPSA) is 80.4 Å². The minimum atomic E-state index is -0.804. The van der Waals surface area contributed by atoms with E-state index in [1.807, 2.05) is 56.3 Å². The highest BCUT2D eigenvalue weighted by molar-refractivity contribution is 5.80. The van der Waals surface area contributed by atoms with Crippen molar-refractivity contribution in [2.45, 2.75) is 32.1 Å². The molecular formula is C22H19N3O. The van der Waals surface area contributed by atoms with Gasteiger partial charge in [-0.15, -0.1) is 0 Å². The molecule has 26 heavy (non-hydrogen) atoms. The third-order valence-electron chi connectivity index (χ3n) is 4.87. The lowest BCUT2D eigenvalue weighted by molar-refractivity contribution is 0.606. The van der Waals surface area contributed by atoms with Crippen LogP contribution < -0.4 is 5.56 Å². The average Bonchev–Trinajstić information content (AvgIpc) is 2.67. The van der Waals surface area contributed by atoms with E-state index in [9.17, 15) is 15.3 Å². The maximum atomic E-state index is 12.1. The van der Waals surface area contributed by atoms with Crippen LogP contribution >= 0.6 is 0 Å². The van der Waals surface area contributed by atoms with Crippen molar-refractivity contribution in [3.8, 4) is 12.1 Å². The number of fused-ring (bicyclic) bond motifs is 1. The largest absolute Gasteiger partial charge is 0.322 e. The molecule has 1 atom stereocenters. The highest BCUT2D eigenvalue weighted by Gasteiger charge is 2.28. The van der Waals surface area contributed by atoms with Gasteiger partial charge in [-0.25, -0.2) is 0 Å². The Balaban J connectivity index is 2.08. The molecule has 1 unspecified atom stereocenters. The van der Waals surface area contributed by atoms with E-state index in [0.29, 0.717) is 18.4 Å². The molecule has 0 aliphatic carbocycles. The zero-order valence-corrected chi connectivity index (χ0v) is 14.8. The summed E-state index contributed by atoms with van der Waals surface area (Å²) in [6.45, 7) is 3.81. The number of nitrogens with one attached hydrogen (secondary N) is 1. The fraction of sp³-hybridized carbons (Fsp3) is 0.227. The fourth-order valence-corrected chi connectivity index (χ4v) is 3.22. The third-order valence-corrected chi connectivity index (χ3v) is 4.87. The Morgan fingerprint density at radius 2 is 1.85 bits per heavy atom. The number of H-pyrrole nitrogens is 1. The van der Waals surface area contributed by atoms with Crippen molar-refractivity contribution < 1.29 is 0 Å². The summed E-state index contributed by atoms with van der Waals surface area (Å²) >= 11 is 0. The molecule has 3 aromatic rings. The van der Waals surface area contributed by atoms with Gasteiger partial charge >= 0.3 is 0 Å². The van der Waals surface area contributed by atoms with Gasteiger partial charge in [-0.05, 0) is 54.5 Å². The Hall–Kier alpha value is -3.37. The van der Waals surface area contributed by atoms with E-state index in [1.165, 1.54) is 0 Å². The van der Waals surface area contributed by atoms with E-state index < -0.39 is 5.41 Å². The number of aryl methyl sites for hydroxylation is 1. The quantitative estimate of drug-likeness (QED) is 0.779. The molecule has 0 saturated carbocycles. The van der Waals surface area contributed by atoms with Crippen LogP contribution in [0.25, 0.3) is 10.9 Å². The third kappa shape index (κ3) is 3.10. The first-order valence-electron chi connectivity index (χ1n) is 8.56. The molecule has 1 N–H and O–H groups in total. The predicted octanol–water partition coefficient (Wildman–Crippen LogP) is 3.99. The second-order valence-corrected chi connectivity index (χ2v) is 6.67. The monoisotopic (exact) mass is 341 g/mol. The van der Waals surface area contributed by atoms with Gasteiger partial charge in [0.15, 0.2) is 0 Å². The van der Waals surface area contributed by atoms with Gasteiger partial charge in [-0.2, -0.15) is 10.5 Å².